The lowest BCUT2D eigenvalue weighted by Gasteiger charge is -2.20. The van der Waals surface area contributed by atoms with E-state index >= 15 is 0 Å². The topological polar surface area (TPSA) is 77.5 Å². The van der Waals surface area contributed by atoms with Crippen molar-refractivity contribution in [1.29, 1.82) is 0 Å². The molecule has 0 aliphatic carbocycles. The first-order valence-corrected chi connectivity index (χ1v) is 9.63. The average molecular weight is 391 g/mol. The Morgan fingerprint density at radius 2 is 1.85 bits per heavy atom. The predicted molar refractivity (Wildman–Crippen MR) is 107 cm³/mol. The summed E-state index contributed by atoms with van der Waals surface area (Å²) in [5.74, 6) is -0.162. The van der Waals surface area contributed by atoms with Gasteiger partial charge in [0.1, 0.15) is 10.6 Å². The van der Waals surface area contributed by atoms with Crippen molar-refractivity contribution < 1.29 is 19.1 Å². The highest BCUT2D eigenvalue weighted by Gasteiger charge is 2.21. The number of methoxy groups -OCH3 is 1. The lowest BCUT2D eigenvalue weighted by molar-refractivity contribution is -0.122. The molecule has 0 bridgehead atoms. The summed E-state index contributed by atoms with van der Waals surface area (Å²) in [4.78, 5) is 28.9. The van der Waals surface area contributed by atoms with E-state index in [4.69, 9.17) is 9.47 Å². The van der Waals surface area contributed by atoms with E-state index in [1.807, 2.05) is 31.2 Å². The zero-order valence-electron chi connectivity index (χ0n) is 16.6. The first-order chi connectivity index (χ1) is 12.7. The van der Waals surface area contributed by atoms with E-state index in [1.165, 1.54) is 12.7 Å². The molecule has 0 fully saturated rings. The standard InChI is InChI=1S/C20H26N2O4S/c1-7-15-16(18(24)25-6)27-19(21-15)22-17(23)12(2)26-14-10-8-13(9-11-14)20(3,4)5/h8-12H,7H2,1-6H3,(H,21,22,23). The lowest BCUT2D eigenvalue weighted by Crippen LogP contribution is -2.30. The molecule has 1 N–H and O–H groups in total. The van der Waals surface area contributed by atoms with Crippen LogP contribution in [0.25, 0.3) is 0 Å². The molecule has 1 heterocycles. The molecule has 1 aromatic heterocycles. The summed E-state index contributed by atoms with van der Waals surface area (Å²) in [6.07, 6.45) is -0.135. The van der Waals surface area contributed by atoms with E-state index in [1.54, 1.807) is 6.92 Å². The maximum atomic E-state index is 12.4. The van der Waals surface area contributed by atoms with Crippen molar-refractivity contribution in [1.82, 2.24) is 4.98 Å². The molecule has 1 atom stereocenters. The van der Waals surface area contributed by atoms with Crippen LogP contribution in [0.5, 0.6) is 5.75 Å². The van der Waals surface area contributed by atoms with Crippen LogP contribution in [0.1, 0.15) is 55.5 Å². The molecule has 1 aromatic carbocycles. The zero-order chi connectivity index (χ0) is 20.2. The summed E-state index contributed by atoms with van der Waals surface area (Å²) in [6.45, 7) is 9.98. The Morgan fingerprint density at radius 3 is 2.37 bits per heavy atom. The Bertz CT molecular complexity index is 806. The molecule has 0 saturated carbocycles. The van der Waals surface area contributed by atoms with Crippen LogP contribution in [0.4, 0.5) is 5.13 Å². The number of nitrogens with zero attached hydrogens (tertiary/aromatic N) is 1. The van der Waals surface area contributed by atoms with E-state index in [0.29, 0.717) is 27.9 Å². The largest absolute Gasteiger partial charge is 0.481 e. The van der Waals surface area contributed by atoms with Gasteiger partial charge in [-0.1, -0.05) is 51.2 Å². The molecule has 0 aliphatic rings. The molecule has 1 amide bonds. The second-order valence-electron chi connectivity index (χ2n) is 7.16. The van der Waals surface area contributed by atoms with Crippen molar-refractivity contribution >= 4 is 28.3 Å². The first kappa shape index (κ1) is 20.9. The average Bonchev–Trinajstić information content (AvgIpc) is 3.03. The minimum atomic E-state index is -0.707. The predicted octanol–water partition coefficient (Wildman–Crippen LogP) is 4.20. The van der Waals surface area contributed by atoms with E-state index < -0.39 is 12.1 Å². The van der Waals surface area contributed by atoms with Gasteiger partial charge in [0.05, 0.1) is 12.8 Å². The third-order valence-electron chi connectivity index (χ3n) is 4.04. The highest BCUT2D eigenvalue weighted by Crippen LogP contribution is 2.26. The second kappa shape index (κ2) is 8.52. The molecule has 6 nitrogen and oxygen atoms in total. The van der Waals surface area contributed by atoms with E-state index in [-0.39, 0.29) is 11.3 Å². The van der Waals surface area contributed by atoms with Crippen molar-refractivity contribution in [3.63, 3.8) is 0 Å². The van der Waals surface area contributed by atoms with Gasteiger partial charge in [0, 0.05) is 0 Å². The first-order valence-electron chi connectivity index (χ1n) is 8.81. The third-order valence-corrected chi connectivity index (χ3v) is 5.03. The van der Waals surface area contributed by atoms with E-state index in [2.05, 4.69) is 31.1 Å². The number of aryl methyl sites for hydroxylation is 1. The van der Waals surface area contributed by atoms with Crippen LogP contribution in [0.2, 0.25) is 0 Å². The summed E-state index contributed by atoms with van der Waals surface area (Å²) in [7, 11) is 1.32. The molecule has 146 valence electrons. The van der Waals surface area contributed by atoms with Gasteiger partial charge in [0.25, 0.3) is 5.91 Å². The Morgan fingerprint density at radius 1 is 1.22 bits per heavy atom. The molecule has 0 spiro atoms. The van der Waals surface area contributed by atoms with Crippen molar-refractivity contribution in [2.75, 3.05) is 12.4 Å². The van der Waals surface area contributed by atoms with Gasteiger partial charge >= 0.3 is 5.97 Å². The fourth-order valence-electron chi connectivity index (χ4n) is 2.40. The van der Waals surface area contributed by atoms with Crippen LogP contribution in [-0.2, 0) is 21.4 Å². The van der Waals surface area contributed by atoms with Crippen LogP contribution in [-0.4, -0.2) is 30.1 Å². The fourth-order valence-corrected chi connectivity index (χ4v) is 3.37. The molecular weight excluding hydrogens is 364 g/mol. The number of anilines is 1. The fraction of sp³-hybridized carbons (Fsp3) is 0.450. The van der Waals surface area contributed by atoms with Gasteiger partial charge < -0.3 is 9.47 Å². The van der Waals surface area contributed by atoms with Gasteiger partial charge in [-0.2, -0.15) is 0 Å². The maximum absolute atomic E-state index is 12.4. The summed E-state index contributed by atoms with van der Waals surface area (Å²) in [6, 6.07) is 7.71. The van der Waals surface area contributed by atoms with Crippen LogP contribution >= 0.6 is 11.3 Å². The Kier molecular flexibility index (Phi) is 6.59. The smallest absolute Gasteiger partial charge is 0.350 e. The van der Waals surface area contributed by atoms with Gasteiger partial charge in [-0.25, -0.2) is 9.78 Å². The SMILES string of the molecule is CCc1nc(NC(=O)C(C)Oc2ccc(C(C)(C)C)cc2)sc1C(=O)OC. The molecule has 0 saturated heterocycles. The summed E-state index contributed by atoms with van der Waals surface area (Å²) in [5.41, 5.74) is 1.85. The summed E-state index contributed by atoms with van der Waals surface area (Å²) >= 11 is 1.10. The van der Waals surface area contributed by atoms with Crippen molar-refractivity contribution in [2.45, 2.75) is 52.6 Å². The van der Waals surface area contributed by atoms with Crippen molar-refractivity contribution in [3.8, 4) is 5.75 Å². The van der Waals surface area contributed by atoms with Gasteiger partial charge in [-0.3, -0.25) is 10.1 Å². The Labute approximate surface area is 163 Å². The van der Waals surface area contributed by atoms with E-state index in [0.717, 1.165) is 11.3 Å². The van der Waals surface area contributed by atoms with Gasteiger partial charge in [-0.05, 0) is 36.5 Å². The number of hydrogen-bond donors (Lipinski definition) is 1. The molecule has 2 aromatic rings. The number of esters is 1. The number of nitrogens with one attached hydrogen (secondary N) is 1. The van der Waals surface area contributed by atoms with Gasteiger partial charge in [-0.15, -0.1) is 0 Å². The number of benzene rings is 1. The van der Waals surface area contributed by atoms with E-state index in [9.17, 15) is 9.59 Å². The number of aromatic nitrogens is 1. The number of thiazole rings is 1. The number of rotatable bonds is 6. The van der Waals surface area contributed by atoms with Crippen LogP contribution < -0.4 is 10.1 Å². The van der Waals surface area contributed by atoms with Crippen molar-refractivity contribution in [2.24, 2.45) is 0 Å². The molecule has 27 heavy (non-hydrogen) atoms. The molecule has 2 rings (SSSR count). The molecule has 0 radical (unpaired) electrons. The van der Waals surface area contributed by atoms with Gasteiger partial charge in [0.15, 0.2) is 11.2 Å². The highest BCUT2D eigenvalue weighted by atomic mass is 32.1. The van der Waals surface area contributed by atoms with Crippen LogP contribution in [0.3, 0.4) is 0 Å². The highest BCUT2D eigenvalue weighted by molar-refractivity contribution is 7.17. The normalized spacial score (nSPS) is 12.4. The Hall–Kier alpha value is -2.41. The summed E-state index contributed by atoms with van der Waals surface area (Å²) < 4.78 is 10.5. The van der Waals surface area contributed by atoms with Crippen LogP contribution in [0, 0.1) is 0 Å². The second-order valence-corrected chi connectivity index (χ2v) is 8.16. The molecule has 1 unspecified atom stereocenters. The zero-order valence-corrected chi connectivity index (χ0v) is 17.4. The maximum Gasteiger partial charge on any atom is 0.350 e. The van der Waals surface area contributed by atoms with Gasteiger partial charge in [0.2, 0.25) is 0 Å². The molecule has 0 aliphatic heterocycles. The number of carbonyl (C=O) groups excluding carboxylic acids is 2. The summed E-state index contributed by atoms with van der Waals surface area (Å²) in [5, 5.41) is 3.06. The molecular formula is C20H26N2O4S. The number of carbonyl (C=O) groups is 2. The minimum Gasteiger partial charge on any atom is -0.481 e. The minimum absolute atomic E-state index is 0.0562. The molecule has 7 heteroatoms. The van der Waals surface area contributed by atoms with Crippen LogP contribution in [0.15, 0.2) is 24.3 Å². The number of amides is 1. The third kappa shape index (κ3) is 5.29. The van der Waals surface area contributed by atoms with Crippen molar-refractivity contribution in [3.05, 3.63) is 40.4 Å². The number of ether oxygens (including phenoxy) is 2. The monoisotopic (exact) mass is 390 g/mol. The lowest BCUT2D eigenvalue weighted by atomic mass is 9.87. The quantitative estimate of drug-likeness (QED) is 0.748. The Balaban J connectivity index is 2.03. The number of hydrogen-bond acceptors (Lipinski definition) is 6.